The number of ether oxygens (including phenoxy) is 2. The van der Waals surface area contributed by atoms with E-state index in [1.165, 1.54) is 35.7 Å². The maximum atomic E-state index is 14.1. The molecule has 1 fully saturated rings. The highest BCUT2D eigenvalue weighted by atomic mass is 32.2. The number of nitrogens with zero attached hydrogens (tertiary/aromatic N) is 2. The van der Waals surface area contributed by atoms with Crippen LogP contribution in [0.25, 0.3) is 5.69 Å². The molecule has 0 atom stereocenters. The molecule has 0 spiro atoms. The molecule has 0 bridgehead atoms. The Morgan fingerprint density at radius 1 is 1.09 bits per heavy atom. The molecule has 2 aromatic carbocycles. The lowest BCUT2D eigenvalue weighted by Gasteiger charge is -2.26. The van der Waals surface area contributed by atoms with Crippen LogP contribution in [0.5, 0.6) is 5.75 Å². The van der Waals surface area contributed by atoms with Crippen LogP contribution in [0.15, 0.2) is 65.8 Å². The third-order valence-electron chi connectivity index (χ3n) is 5.06. The van der Waals surface area contributed by atoms with Crippen LogP contribution in [0.4, 0.5) is 10.1 Å². The molecule has 0 saturated carbocycles. The van der Waals surface area contributed by atoms with Crippen LogP contribution in [0.2, 0.25) is 0 Å². The maximum absolute atomic E-state index is 14.1. The zero-order valence-electron chi connectivity index (χ0n) is 17.3. The minimum Gasteiger partial charge on any atom is -0.495 e. The van der Waals surface area contributed by atoms with Gasteiger partial charge >= 0.3 is 0 Å². The Balaban J connectivity index is 1.63. The number of rotatable bonds is 6. The van der Waals surface area contributed by atoms with Gasteiger partial charge < -0.3 is 19.4 Å². The van der Waals surface area contributed by atoms with E-state index < -0.39 is 21.7 Å². The van der Waals surface area contributed by atoms with Crippen molar-refractivity contribution in [3.63, 3.8) is 0 Å². The van der Waals surface area contributed by atoms with Gasteiger partial charge in [-0.2, -0.15) is 4.31 Å². The minimum atomic E-state index is -3.86. The maximum Gasteiger partial charge on any atom is 0.255 e. The van der Waals surface area contributed by atoms with Gasteiger partial charge in [-0.1, -0.05) is 0 Å². The van der Waals surface area contributed by atoms with Gasteiger partial charge in [0.15, 0.2) is 0 Å². The van der Waals surface area contributed by atoms with Crippen molar-refractivity contribution in [2.75, 3.05) is 38.7 Å². The van der Waals surface area contributed by atoms with Gasteiger partial charge in [-0.05, 0) is 48.5 Å². The monoisotopic (exact) mass is 459 g/mol. The van der Waals surface area contributed by atoms with E-state index in [9.17, 15) is 17.6 Å². The molecular formula is C22H22FN3O5S. The van der Waals surface area contributed by atoms with E-state index in [0.717, 1.165) is 6.07 Å². The topological polar surface area (TPSA) is 89.9 Å². The van der Waals surface area contributed by atoms with Crippen LogP contribution in [-0.4, -0.2) is 56.6 Å². The zero-order valence-corrected chi connectivity index (χ0v) is 18.1. The second-order valence-electron chi connectivity index (χ2n) is 7.12. The standard InChI is InChI=1S/C22H22FN3O5S/c1-30-20-5-4-18(15-21(20)32(28,29)26-8-10-31-11-9-26)24-22(27)16-12-17(23)14-19(13-16)25-6-2-3-7-25/h2-7,12-15H,8-11H2,1H3,(H,24,27). The van der Waals surface area contributed by atoms with Crippen LogP contribution < -0.4 is 10.1 Å². The summed E-state index contributed by atoms with van der Waals surface area (Å²) in [7, 11) is -2.48. The number of methoxy groups -OCH3 is 1. The first-order chi connectivity index (χ1) is 15.4. The molecule has 1 aromatic heterocycles. The van der Waals surface area contributed by atoms with E-state index in [0.29, 0.717) is 18.9 Å². The molecule has 32 heavy (non-hydrogen) atoms. The van der Waals surface area contributed by atoms with Crippen LogP contribution in [0.3, 0.4) is 0 Å². The molecule has 2 heterocycles. The number of aromatic nitrogens is 1. The van der Waals surface area contributed by atoms with Crippen molar-refractivity contribution in [3.8, 4) is 11.4 Å². The molecule has 168 valence electrons. The number of halogens is 1. The van der Waals surface area contributed by atoms with Crippen molar-refractivity contribution >= 4 is 21.6 Å². The lowest BCUT2D eigenvalue weighted by Crippen LogP contribution is -2.40. The summed E-state index contributed by atoms with van der Waals surface area (Å²) >= 11 is 0. The summed E-state index contributed by atoms with van der Waals surface area (Å²) in [6.45, 7) is 1.07. The van der Waals surface area contributed by atoms with E-state index in [1.807, 2.05) is 0 Å². The van der Waals surface area contributed by atoms with Gasteiger partial charge in [0.25, 0.3) is 5.91 Å². The second kappa shape index (κ2) is 9.11. The quantitative estimate of drug-likeness (QED) is 0.612. The predicted molar refractivity (Wildman–Crippen MR) is 116 cm³/mol. The molecule has 0 aliphatic carbocycles. The van der Waals surface area contributed by atoms with Crippen molar-refractivity contribution in [2.45, 2.75) is 4.90 Å². The third-order valence-corrected chi connectivity index (χ3v) is 6.98. The van der Waals surface area contributed by atoms with Gasteiger partial charge in [0, 0.05) is 42.4 Å². The highest BCUT2D eigenvalue weighted by Gasteiger charge is 2.29. The molecule has 1 aliphatic heterocycles. The lowest BCUT2D eigenvalue weighted by molar-refractivity contribution is 0.0729. The Morgan fingerprint density at radius 2 is 1.81 bits per heavy atom. The zero-order chi connectivity index (χ0) is 22.7. The number of carbonyl (C=O) groups is 1. The number of hydrogen-bond acceptors (Lipinski definition) is 5. The molecule has 1 saturated heterocycles. The minimum absolute atomic E-state index is 0.0630. The van der Waals surface area contributed by atoms with E-state index in [-0.39, 0.29) is 35.0 Å². The summed E-state index contributed by atoms with van der Waals surface area (Å²) in [5.41, 5.74) is 0.835. The van der Waals surface area contributed by atoms with Gasteiger partial charge in [-0.3, -0.25) is 4.79 Å². The molecule has 1 N–H and O–H groups in total. The molecular weight excluding hydrogens is 437 g/mol. The van der Waals surface area contributed by atoms with E-state index >= 15 is 0 Å². The molecule has 8 nitrogen and oxygen atoms in total. The van der Waals surface area contributed by atoms with Crippen molar-refractivity contribution in [2.24, 2.45) is 0 Å². The summed E-state index contributed by atoms with van der Waals surface area (Å²) in [5.74, 6) is -0.973. The summed E-state index contributed by atoms with van der Waals surface area (Å²) in [5, 5.41) is 2.65. The fourth-order valence-electron chi connectivity index (χ4n) is 3.45. The van der Waals surface area contributed by atoms with E-state index in [1.54, 1.807) is 35.2 Å². The number of carbonyl (C=O) groups excluding carboxylic acids is 1. The first-order valence-electron chi connectivity index (χ1n) is 9.90. The van der Waals surface area contributed by atoms with Crippen molar-refractivity contribution in [3.05, 3.63) is 72.3 Å². The Bertz CT molecular complexity index is 1220. The average molecular weight is 459 g/mol. The number of sulfonamides is 1. The second-order valence-corrected chi connectivity index (χ2v) is 9.03. The molecule has 0 radical (unpaired) electrons. The smallest absolute Gasteiger partial charge is 0.255 e. The van der Waals surface area contributed by atoms with Gasteiger partial charge in [-0.15, -0.1) is 0 Å². The molecule has 1 amide bonds. The summed E-state index contributed by atoms with van der Waals surface area (Å²) in [6.07, 6.45) is 3.48. The van der Waals surface area contributed by atoms with Crippen LogP contribution in [0.1, 0.15) is 10.4 Å². The Kier molecular flexibility index (Phi) is 6.26. The highest BCUT2D eigenvalue weighted by molar-refractivity contribution is 7.89. The first kappa shape index (κ1) is 22.0. The number of anilines is 1. The highest BCUT2D eigenvalue weighted by Crippen LogP contribution is 2.30. The van der Waals surface area contributed by atoms with Gasteiger partial charge in [0.2, 0.25) is 10.0 Å². The Hall–Kier alpha value is -3.21. The van der Waals surface area contributed by atoms with Gasteiger partial charge in [0.05, 0.1) is 20.3 Å². The summed E-state index contributed by atoms with van der Waals surface area (Å²) in [6, 6.07) is 11.9. The molecule has 4 rings (SSSR count). The van der Waals surface area contributed by atoms with E-state index in [4.69, 9.17) is 9.47 Å². The largest absolute Gasteiger partial charge is 0.495 e. The third kappa shape index (κ3) is 4.52. The fraction of sp³-hybridized carbons (Fsp3) is 0.227. The summed E-state index contributed by atoms with van der Waals surface area (Å²) < 4.78 is 53.8. The number of benzene rings is 2. The number of hydrogen-bond donors (Lipinski definition) is 1. The normalized spacial score (nSPS) is 14.8. The van der Waals surface area contributed by atoms with Crippen LogP contribution >= 0.6 is 0 Å². The SMILES string of the molecule is COc1ccc(NC(=O)c2cc(F)cc(-n3cccc3)c2)cc1S(=O)(=O)N1CCOCC1. The number of amides is 1. The van der Waals surface area contributed by atoms with Crippen molar-refractivity contribution < 1.29 is 27.1 Å². The van der Waals surface area contributed by atoms with Crippen LogP contribution in [0, 0.1) is 5.82 Å². The lowest BCUT2D eigenvalue weighted by atomic mass is 10.1. The van der Waals surface area contributed by atoms with Gasteiger partial charge in [0.1, 0.15) is 16.5 Å². The average Bonchev–Trinajstić information content (AvgIpc) is 3.34. The van der Waals surface area contributed by atoms with Gasteiger partial charge in [-0.25, -0.2) is 12.8 Å². The van der Waals surface area contributed by atoms with Crippen molar-refractivity contribution in [1.29, 1.82) is 0 Å². The Morgan fingerprint density at radius 3 is 2.50 bits per heavy atom. The number of nitrogens with one attached hydrogen (secondary N) is 1. The number of morpholine rings is 1. The molecule has 3 aromatic rings. The Labute approximate surface area is 185 Å². The first-order valence-corrected chi connectivity index (χ1v) is 11.3. The molecule has 0 unspecified atom stereocenters. The predicted octanol–water partition coefficient (Wildman–Crippen LogP) is 2.90. The summed E-state index contributed by atoms with van der Waals surface area (Å²) in [4.78, 5) is 12.7. The van der Waals surface area contributed by atoms with Crippen molar-refractivity contribution in [1.82, 2.24) is 8.87 Å². The molecule has 1 aliphatic rings. The molecule has 10 heteroatoms. The van der Waals surface area contributed by atoms with E-state index in [2.05, 4.69) is 5.32 Å². The fourth-order valence-corrected chi connectivity index (χ4v) is 5.04. The van der Waals surface area contributed by atoms with Crippen LogP contribution in [-0.2, 0) is 14.8 Å².